The van der Waals surface area contributed by atoms with E-state index in [1.54, 1.807) is 0 Å². The highest BCUT2D eigenvalue weighted by molar-refractivity contribution is 6.21. The first-order valence-corrected chi connectivity index (χ1v) is 14.4. The highest BCUT2D eigenvalue weighted by atomic mass is 16.3. The van der Waals surface area contributed by atoms with E-state index in [1.807, 2.05) is 12.1 Å². The standard InChI is InChI=1S/C38H33NO2/c1-37(2,3)22-15-17-30-26(19-22)27-20-23(38(4,5)6)16-18-31(27)39(30)34-35-28(24-11-7-9-13-32(24)40-35)21-29-25-12-8-10-14-33(25)41-36(29)34/h7-21H,1-6H3. The summed E-state index contributed by atoms with van der Waals surface area (Å²) in [5.74, 6) is 0. The third-order valence-corrected chi connectivity index (χ3v) is 8.71. The van der Waals surface area contributed by atoms with Crippen molar-refractivity contribution in [2.45, 2.75) is 52.4 Å². The van der Waals surface area contributed by atoms with Crippen LogP contribution in [-0.4, -0.2) is 4.57 Å². The minimum Gasteiger partial charge on any atom is -0.454 e. The topological polar surface area (TPSA) is 31.2 Å². The van der Waals surface area contributed by atoms with Gasteiger partial charge < -0.3 is 13.4 Å². The molecule has 3 heteroatoms. The van der Waals surface area contributed by atoms with Crippen LogP contribution in [0.1, 0.15) is 52.7 Å². The summed E-state index contributed by atoms with van der Waals surface area (Å²) < 4.78 is 15.7. The van der Waals surface area contributed by atoms with Gasteiger partial charge in [-0.2, -0.15) is 0 Å². The average molecular weight is 536 g/mol. The summed E-state index contributed by atoms with van der Waals surface area (Å²) in [6, 6.07) is 32.8. The number of benzene rings is 5. The molecule has 3 aromatic heterocycles. The van der Waals surface area contributed by atoms with Crippen LogP contribution in [0.4, 0.5) is 0 Å². The van der Waals surface area contributed by atoms with Gasteiger partial charge in [0.05, 0.1) is 11.0 Å². The molecule has 0 aliphatic carbocycles. The lowest BCUT2D eigenvalue weighted by Crippen LogP contribution is -2.10. The molecular formula is C38H33NO2. The van der Waals surface area contributed by atoms with Crippen molar-refractivity contribution in [3.05, 3.63) is 102 Å². The van der Waals surface area contributed by atoms with Gasteiger partial charge >= 0.3 is 0 Å². The van der Waals surface area contributed by atoms with Crippen molar-refractivity contribution in [2.24, 2.45) is 0 Å². The Morgan fingerprint density at radius 3 is 1.34 bits per heavy atom. The zero-order valence-corrected chi connectivity index (χ0v) is 24.4. The first-order valence-electron chi connectivity index (χ1n) is 14.4. The molecule has 3 heterocycles. The summed E-state index contributed by atoms with van der Waals surface area (Å²) >= 11 is 0. The molecule has 0 radical (unpaired) electrons. The molecule has 0 spiro atoms. The second-order valence-corrected chi connectivity index (χ2v) is 13.5. The van der Waals surface area contributed by atoms with Crippen LogP contribution in [0.5, 0.6) is 0 Å². The van der Waals surface area contributed by atoms with Crippen LogP contribution >= 0.6 is 0 Å². The van der Waals surface area contributed by atoms with Gasteiger partial charge in [-0.1, -0.05) is 90.1 Å². The Balaban J connectivity index is 1.61. The van der Waals surface area contributed by atoms with Crippen molar-refractivity contribution >= 4 is 65.7 Å². The fourth-order valence-electron chi connectivity index (χ4n) is 6.42. The third kappa shape index (κ3) is 3.45. The quantitative estimate of drug-likeness (QED) is 0.209. The van der Waals surface area contributed by atoms with Gasteiger partial charge in [-0.25, -0.2) is 0 Å². The number of fused-ring (bicyclic) bond motifs is 9. The highest BCUT2D eigenvalue weighted by Crippen LogP contribution is 2.45. The van der Waals surface area contributed by atoms with Crippen LogP contribution < -0.4 is 0 Å². The number of hydrogen-bond acceptors (Lipinski definition) is 2. The molecule has 5 aromatic carbocycles. The van der Waals surface area contributed by atoms with Crippen LogP contribution in [-0.2, 0) is 10.8 Å². The largest absolute Gasteiger partial charge is 0.454 e. The van der Waals surface area contributed by atoms with Crippen molar-refractivity contribution < 1.29 is 8.83 Å². The third-order valence-electron chi connectivity index (χ3n) is 8.71. The van der Waals surface area contributed by atoms with Crippen LogP contribution in [0.2, 0.25) is 0 Å². The number of furan rings is 2. The van der Waals surface area contributed by atoms with E-state index in [9.17, 15) is 0 Å². The SMILES string of the molecule is CC(C)(C)c1ccc2c(c1)c1cc(C(C)(C)C)ccc1n2-c1c2oc3ccccc3c2cc2c1oc1ccccc12. The minimum atomic E-state index is 0.0367. The predicted molar refractivity (Wildman–Crippen MR) is 173 cm³/mol. The molecule has 0 amide bonds. The fraction of sp³-hybridized carbons (Fsp3) is 0.211. The maximum absolute atomic E-state index is 6.68. The molecule has 0 bridgehead atoms. The van der Waals surface area contributed by atoms with Crippen molar-refractivity contribution in [1.82, 2.24) is 4.57 Å². The molecule has 0 unspecified atom stereocenters. The number of para-hydroxylation sites is 2. The van der Waals surface area contributed by atoms with Crippen LogP contribution in [0.3, 0.4) is 0 Å². The molecule has 0 aliphatic rings. The first-order chi connectivity index (χ1) is 19.6. The van der Waals surface area contributed by atoms with Gasteiger partial charge in [-0.3, -0.25) is 0 Å². The Morgan fingerprint density at radius 2 is 0.902 bits per heavy atom. The normalized spacial score (nSPS) is 13.1. The van der Waals surface area contributed by atoms with E-state index in [2.05, 4.69) is 125 Å². The smallest absolute Gasteiger partial charge is 0.163 e. The second-order valence-electron chi connectivity index (χ2n) is 13.5. The Kier molecular flexibility index (Phi) is 4.77. The van der Waals surface area contributed by atoms with Crippen molar-refractivity contribution in [1.29, 1.82) is 0 Å². The van der Waals surface area contributed by atoms with Crippen LogP contribution in [0, 0.1) is 0 Å². The summed E-state index contributed by atoms with van der Waals surface area (Å²) in [4.78, 5) is 0. The zero-order valence-electron chi connectivity index (χ0n) is 24.4. The molecule has 0 fully saturated rings. The molecule has 0 aliphatic heterocycles. The lowest BCUT2D eigenvalue weighted by atomic mass is 9.85. The zero-order chi connectivity index (χ0) is 28.3. The summed E-state index contributed by atoms with van der Waals surface area (Å²) in [6.07, 6.45) is 0. The van der Waals surface area contributed by atoms with Crippen molar-refractivity contribution in [2.75, 3.05) is 0 Å². The number of rotatable bonds is 1. The van der Waals surface area contributed by atoms with E-state index in [0.29, 0.717) is 0 Å². The molecule has 8 aromatic rings. The fourth-order valence-corrected chi connectivity index (χ4v) is 6.42. The van der Waals surface area contributed by atoms with E-state index in [1.165, 1.54) is 21.9 Å². The summed E-state index contributed by atoms with van der Waals surface area (Å²) in [5, 5.41) is 6.92. The summed E-state index contributed by atoms with van der Waals surface area (Å²) in [5.41, 5.74) is 9.41. The number of hydrogen-bond donors (Lipinski definition) is 0. The predicted octanol–water partition coefficient (Wildman–Crippen LogP) is 11.2. The van der Waals surface area contributed by atoms with Gasteiger partial charge in [-0.05, 0) is 64.4 Å². The maximum atomic E-state index is 6.68. The Hall–Kier alpha value is -4.50. The van der Waals surface area contributed by atoms with Gasteiger partial charge in [0, 0.05) is 32.3 Å². The van der Waals surface area contributed by atoms with E-state index < -0.39 is 0 Å². The molecule has 0 saturated carbocycles. The van der Waals surface area contributed by atoms with E-state index >= 15 is 0 Å². The molecule has 202 valence electrons. The van der Waals surface area contributed by atoms with Gasteiger partial charge in [0.1, 0.15) is 16.9 Å². The van der Waals surface area contributed by atoms with Gasteiger partial charge in [0.2, 0.25) is 0 Å². The summed E-state index contributed by atoms with van der Waals surface area (Å²) in [7, 11) is 0. The average Bonchev–Trinajstić information content (AvgIpc) is 3.60. The molecule has 8 rings (SSSR count). The van der Waals surface area contributed by atoms with Gasteiger partial charge in [0.15, 0.2) is 11.2 Å². The number of aromatic nitrogens is 1. The van der Waals surface area contributed by atoms with E-state index in [0.717, 1.165) is 60.6 Å². The Labute approximate surface area is 239 Å². The van der Waals surface area contributed by atoms with Gasteiger partial charge in [-0.15, -0.1) is 0 Å². The van der Waals surface area contributed by atoms with E-state index in [4.69, 9.17) is 8.83 Å². The molecular weight excluding hydrogens is 502 g/mol. The lowest BCUT2D eigenvalue weighted by molar-refractivity contribution is 0.590. The summed E-state index contributed by atoms with van der Waals surface area (Å²) in [6.45, 7) is 13.7. The van der Waals surface area contributed by atoms with Crippen LogP contribution in [0.15, 0.2) is 99.8 Å². The first kappa shape index (κ1) is 24.3. The Morgan fingerprint density at radius 1 is 0.463 bits per heavy atom. The number of nitrogens with zero attached hydrogens (tertiary/aromatic N) is 1. The van der Waals surface area contributed by atoms with Gasteiger partial charge in [0.25, 0.3) is 0 Å². The molecule has 0 saturated heterocycles. The Bertz CT molecular complexity index is 2170. The minimum absolute atomic E-state index is 0.0367. The maximum Gasteiger partial charge on any atom is 0.163 e. The highest BCUT2D eigenvalue weighted by Gasteiger charge is 2.26. The molecule has 41 heavy (non-hydrogen) atoms. The van der Waals surface area contributed by atoms with Crippen molar-refractivity contribution in [3.8, 4) is 5.69 Å². The monoisotopic (exact) mass is 535 g/mol. The molecule has 0 N–H and O–H groups in total. The van der Waals surface area contributed by atoms with Crippen molar-refractivity contribution in [3.63, 3.8) is 0 Å². The second kappa shape index (κ2) is 8.04. The lowest BCUT2D eigenvalue weighted by Gasteiger charge is -2.19. The van der Waals surface area contributed by atoms with E-state index in [-0.39, 0.29) is 10.8 Å². The molecule has 0 atom stereocenters. The van der Waals surface area contributed by atoms with Crippen LogP contribution in [0.25, 0.3) is 71.4 Å². The molecule has 3 nitrogen and oxygen atoms in total.